The van der Waals surface area contributed by atoms with Gasteiger partial charge < -0.3 is 15.7 Å². The molecule has 0 spiro atoms. The van der Waals surface area contributed by atoms with E-state index in [1.807, 2.05) is 19.1 Å². The lowest BCUT2D eigenvalue weighted by Crippen LogP contribution is -2.25. The molecule has 2 atom stereocenters. The Labute approximate surface area is 115 Å². The molecule has 0 radical (unpaired) electrons. The number of hydrogen-bond donors (Lipinski definition) is 2. The van der Waals surface area contributed by atoms with Gasteiger partial charge in [-0.15, -0.1) is 12.4 Å². The highest BCUT2D eigenvalue weighted by molar-refractivity contribution is 5.85. The van der Waals surface area contributed by atoms with Gasteiger partial charge in [0.15, 0.2) is 0 Å². The van der Waals surface area contributed by atoms with Crippen molar-refractivity contribution in [1.82, 2.24) is 0 Å². The van der Waals surface area contributed by atoms with Crippen LogP contribution in [0.2, 0.25) is 0 Å². The first kappa shape index (κ1) is 15.3. The first-order valence-electron chi connectivity index (χ1n) is 6.51. The van der Waals surface area contributed by atoms with Gasteiger partial charge in [0.1, 0.15) is 0 Å². The highest BCUT2D eigenvalue weighted by atomic mass is 35.5. The molecule has 1 saturated heterocycles. The first-order valence-corrected chi connectivity index (χ1v) is 6.51. The number of anilines is 1. The molecule has 1 aromatic rings. The summed E-state index contributed by atoms with van der Waals surface area (Å²) in [6.45, 7) is 4.26. The third kappa shape index (κ3) is 3.37. The largest absolute Gasteiger partial charge is 0.391 e. The molecule has 0 aliphatic carbocycles. The number of halogens is 1. The van der Waals surface area contributed by atoms with Crippen LogP contribution < -0.4 is 10.6 Å². The third-order valence-electron chi connectivity index (χ3n) is 3.58. The van der Waals surface area contributed by atoms with Gasteiger partial charge >= 0.3 is 0 Å². The van der Waals surface area contributed by atoms with Gasteiger partial charge in [-0.3, -0.25) is 0 Å². The predicted molar refractivity (Wildman–Crippen MR) is 78.4 cm³/mol. The van der Waals surface area contributed by atoms with Gasteiger partial charge in [0.2, 0.25) is 0 Å². The van der Waals surface area contributed by atoms with Crippen LogP contribution in [-0.4, -0.2) is 24.3 Å². The number of benzene rings is 1. The minimum atomic E-state index is -0.451. The Balaban J connectivity index is 0.00000162. The molecule has 3 N–H and O–H groups in total. The van der Waals surface area contributed by atoms with E-state index in [1.165, 1.54) is 18.5 Å². The quantitative estimate of drug-likeness (QED) is 0.884. The van der Waals surface area contributed by atoms with Crippen molar-refractivity contribution in [3.63, 3.8) is 0 Å². The van der Waals surface area contributed by atoms with Gasteiger partial charge in [-0.05, 0) is 37.0 Å². The standard InChI is InChI=1S/C14H22N2O.ClH/c1-2-13(17)14(15)11-5-7-12(8-6-11)16-9-3-4-10-16;/h5-8,13-14,17H,2-4,9-10,15H2,1H3;1H/t13-,14+;/m1./s1. The molecule has 3 nitrogen and oxygen atoms in total. The zero-order valence-electron chi connectivity index (χ0n) is 10.9. The number of aliphatic hydroxyl groups is 1. The average Bonchev–Trinajstić information content (AvgIpc) is 2.91. The molecule has 4 heteroatoms. The van der Waals surface area contributed by atoms with Crippen molar-refractivity contribution in [3.8, 4) is 0 Å². The summed E-state index contributed by atoms with van der Waals surface area (Å²) in [6.07, 6.45) is 2.81. The first-order chi connectivity index (χ1) is 8.22. The van der Waals surface area contributed by atoms with Crippen LogP contribution in [0.25, 0.3) is 0 Å². The molecule has 18 heavy (non-hydrogen) atoms. The summed E-state index contributed by atoms with van der Waals surface area (Å²) in [5.41, 5.74) is 8.27. The van der Waals surface area contributed by atoms with E-state index >= 15 is 0 Å². The fourth-order valence-corrected chi connectivity index (χ4v) is 2.36. The van der Waals surface area contributed by atoms with E-state index < -0.39 is 6.10 Å². The van der Waals surface area contributed by atoms with Crippen LogP contribution in [0.15, 0.2) is 24.3 Å². The second-order valence-electron chi connectivity index (χ2n) is 4.79. The van der Waals surface area contributed by atoms with Crippen molar-refractivity contribution in [2.24, 2.45) is 5.73 Å². The van der Waals surface area contributed by atoms with Crippen LogP contribution in [-0.2, 0) is 0 Å². The fourth-order valence-electron chi connectivity index (χ4n) is 2.36. The minimum absolute atomic E-state index is 0. The number of hydrogen-bond acceptors (Lipinski definition) is 3. The summed E-state index contributed by atoms with van der Waals surface area (Å²) in [5, 5.41) is 9.73. The second-order valence-corrected chi connectivity index (χ2v) is 4.79. The van der Waals surface area contributed by atoms with Crippen molar-refractivity contribution >= 4 is 18.1 Å². The Hall–Kier alpha value is -0.770. The van der Waals surface area contributed by atoms with Crippen LogP contribution in [0.5, 0.6) is 0 Å². The lowest BCUT2D eigenvalue weighted by molar-refractivity contribution is 0.141. The summed E-state index contributed by atoms with van der Waals surface area (Å²) < 4.78 is 0. The van der Waals surface area contributed by atoms with Crippen molar-refractivity contribution in [1.29, 1.82) is 0 Å². The van der Waals surface area contributed by atoms with E-state index in [4.69, 9.17) is 5.73 Å². The van der Waals surface area contributed by atoms with Crippen molar-refractivity contribution in [3.05, 3.63) is 29.8 Å². The maximum Gasteiger partial charge on any atom is 0.0730 e. The van der Waals surface area contributed by atoms with E-state index in [0.717, 1.165) is 18.7 Å². The SMILES string of the molecule is CC[C@@H](O)[C@@H](N)c1ccc(N2CCCC2)cc1.Cl. The van der Waals surface area contributed by atoms with Crippen molar-refractivity contribution in [2.75, 3.05) is 18.0 Å². The van der Waals surface area contributed by atoms with Crippen molar-refractivity contribution in [2.45, 2.75) is 38.3 Å². The van der Waals surface area contributed by atoms with Gasteiger partial charge in [-0.1, -0.05) is 19.1 Å². The summed E-state index contributed by atoms with van der Waals surface area (Å²) in [4.78, 5) is 2.39. The molecule has 1 fully saturated rings. The van der Waals surface area contributed by atoms with E-state index in [1.54, 1.807) is 0 Å². The predicted octanol–water partition coefficient (Wildman–Crippen LogP) is 2.48. The Morgan fingerprint density at radius 2 is 1.78 bits per heavy atom. The van der Waals surface area contributed by atoms with Crippen molar-refractivity contribution < 1.29 is 5.11 Å². The molecule has 0 amide bonds. The lowest BCUT2D eigenvalue weighted by Gasteiger charge is -2.21. The second kappa shape index (κ2) is 6.98. The molecule has 1 aliphatic rings. The summed E-state index contributed by atoms with van der Waals surface area (Å²) >= 11 is 0. The molecule has 1 aromatic carbocycles. The number of nitrogens with two attached hydrogens (primary N) is 1. The van der Waals surface area contributed by atoms with E-state index in [-0.39, 0.29) is 18.4 Å². The number of aliphatic hydroxyl groups excluding tert-OH is 1. The number of rotatable bonds is 4. The Bertz CT molecular complexity index is 349. The van der Waals surface area contributed by atoms with Crippen LogP contribution in [0.3, 0.4) is 0 Å². The third-order valence-corrected chi connectivity index (χ3v) is 3.58. The molecule has 1 heterocycles. The smallest absolute Gasteiger partial charge is 0.0730 e. The topological polar surface area (TPSA) is 49.5 Å². The molecule has 0 saturated carbocycles. The molecule has 0 bridgehead atoms. The van der Waals surface area contributed by atoms with Gasteiger partial charge in [0, 0.05) is 18.8 Å². The van der Waals surface area contributed by atoms with E-state index in [2.05, 4.69) is 17.0 Å². The maximum atomic E-state index is 9.73. The van der Waals surface area contributed by atoms with E-state index in [0.29, 0.717) is 6.42 Å². The van der Waals surface area contributed by atoms with Gasteiger partial charge in [-0.25, -0.2) is 0 Å². The zero-order chi connectivity index (χ0) is 12.3. The zero-order valence-corrected chi connectivity index (χ0v) is 11.7. The molecule has 102 valence electrons. The van der Waals surface area contributed by atoms with Gasteiger partial charge in [-0.2, -0.15) is 0 Å². The van der Waals surface area contributed by atoms with Crippen LogP contribution >= 0.6 is 12.4 Å². The highest BCUT2D eigenvalue weighted by Crippen LogP contribution is 2.23. The number of nitrogens with zero attached hydrogens (tertiary/aromatic N) is 1. The lowest BCUT2D eigenvalue weighted by atomic mass is 10.0. The molecule has 0 aromatic heterocycles. The Morgan fingerprint density at radius 1 is 1.22 bits per heavy atom. The van der Waals surface area contributed by atoms with Crippen LogP contribution in [0, 0.1) is 0 Å². The van der Waals surface area contributed by atoms with E-state index in [9.17, 15) is 5.11 Å². The highest BCUT2D eigenvalue weighted by Gasteiger charge is 2.16. The molecule has 0 unspecified atom stereocenters. The normalized spacial score (nSPS) is 18.3. The monoisotopic (exact) mass is 270 g/mol. The molecular weight excluding hydrogens is 248 g/mol. The summed E-state index contributed by atoms with van der Waals surface area (Å²) in [5.74, 6) is 0. The summed E-state index contributed by atoms with van der Waals surface area (Å²) in [6, 6.07) is 8.04. The molecule has 1 aliphatic heterocycles. The van der Waals surface area contributed by atoms with Crippen LogP contribution in [0.4, 0.5) is 5.69 Å². The molecular formula is C14H23ClN2O. The molecule has 2 rings (SSSR count). The average molecular weight is 271 g/mol. The Morgan fingerprint density at radius 3 is 2.28 bits per heavy atom. The van der Waals surface area contributed by atoms with Gasteiger partial charge in [0.25, 0.3) is 0 Å². The fraction of sp³-hybridized carbons (Fsp3) is 0.571. The Kier molecular flexibility index (Phi) is 5.93. The van der Waals surface area contributed by atoms with Gasteiger partial charge in [0.05, 0.1) is 12.1 Å². The minimum Gasteiger partial charge on any atom is -0.391 e. The van der Waals surface area contributed by atoms with Crippen LogP contribution in [0.1, 0.15) is 37.8 Å². The summed E-state index contributed by atoms with van der Waals surface area (Å²) in [7, 11) is 0. The maximum absolute atomic E-state index is 9.73.